The van der Waals surface area contributed by atoms with Gasteiger partial charge in [0.1, 0.15) is 11.6 Å². The minimum absolute atomic E-state index is 0.0457. The number of nitrogens with two attached hydrogens (primary N) is 2. The molecule has 0 amide bonds. The summed E-state index contributed by atoms with van der Waals surface area (Å²) in [5.41, 5.74) is 17.1. The molecule has 1 fully saturated rings. The second-order valence-corrected chi connectivity index (χ2v) is 11.3. The van der Waals surface area contributed by atoms with Crippen LogP contribution in [-0.2, 0) is 6.42 Å². The van der Waals surface area contributed by atoms with Crippen molar-refractivity contribution < 1.29 is 4.39 Å². The van der Waals surface area contributed by atoms with Gasteiger partial charge in [0, 0.05) is 42.6 Å². The van der Waals surface area contributed by atoms with Gasteiger partial charge in [0.05, 0.1) is 15.6 Å². The van der Waals surface area contributed by atoms with E-state index in [0.717, 1.165) is 70.6 Å². The van der Waals surface area contributed by atoms with Gasteiger partial charge in [-0.2, -0.15) is 0 Å². The van der Waals surface area contributed by atoms with Crippen LogP contribution in [0.1, 0.15) is 41.3 Å². The van der Waals surface area contributed by atoms with E-state index in [0.29, 0.717) is 16.4 Å². The standard InChI is InChI=1S/C26H27ClFN7S/c1-14-11-17-16(12-18(14)28)13-26(22(17)29)4-8-34(9-5-26)25-33-15(2)21(24-32-7-10-35(24)25)36-19-3-6-31-23(30)20(19)27/h3,6-7,10-12,22H,4-5,8-9,13,29H2,1-2H3,(H2,30,31)/t22-/m1/s1. The lowest BCUT2D eigenvalue weighted by atomic mass is 9.73. The third-order valence-corrected chi connectivity index (χ3v) is 9.50. The maximum Gasteiger partial charge on any atom is 0.211 e. The van der Waals surface area contributed by atoms with Crippen LogP contribution in [0.2, 0.25) is 5.02 Å². The molecule has 186 valence electrons. The van der Waals surface area contributed by atoms with Gasteiger partial charge in [0.25, 0.3) is 0 Å². The number of anilines is 2. The van der Waals surface area contributed by atoms with Crippen molar-refractivity contribution in [3.8, 4) is 0 Å². The fourth-order valence-electron chi connectivity index (χ4n) is 5.67. The molecule has 1 spiro atoms. The molecule has 0 radical (unpaired) electrons. The second kappa shape index (κ2) is 8.61. The van der Waals surface area contributed by atoms with Gasteiger partial charge in [-0.05, 0) is 67.3 Å². The SMILES string of the molecule is Cc1cc2c(cc1F)CC1(CCN(c3nc(C)c(Sc4ccnc(N)c4Cl)c4nccn34)CC1)[C@@H]2N. The number of benzene rings is 1. The molecule has 1 aliphatic heterocycles. The van der Waals surface area contributed by atoms with Gasteiger partial charge >= 0.3 is 0 Å². The van der Waals surface area contributed by atoms with Crippen molar-refractivity contribution in [1.82, 2.24) is 19.4 Å². The highest BCUT2D eigenvalue weighted by Crippen LogP contribution is 2.51. The first-order valence-electron chi connectivity index (χ1n) is 12.0. The van der Waals surface area contributed by atoms with Crippen molar-refractivity contribution >= 4 is 40.8 Å². The molecule has 10 heteroatoms. The lowest BCUT2D eigenvalue weighted by molar-refractivity contribution is 0.186. The number of imidazole rings is 1. The molecular formula is C26H27ClFN7S. The highest BCUT2D eigenvalue weighted by molar-refractivity contribution is 7.99. The van der Waals surface area contributed by atoms with E-state index in [2.05, 4.69) is 14.9 Å². The Bertz CT molecular complexity index is 1500. The lowest BCUT2D eigenvalue weighted by Crippen LogP contribution is -2.45. The van der Waals surface area contributed by atoms with Crippen LogP contribution < -0.4 is 16.4 Å². The Morgan fingerprint density at radius 1 is 1.17 bits per heavy atom. The lowest BCUT2D eigenvalue weighted by Gasteiger charge is -2.42. The zero-order valence-electron chi connectivity index (χ0n) is 20.1. The van der Waals surface area contributed by atoms with Gasteiger partial charge in [-0.25, -0.2) is 19.3 Å². The summed E-state index contributed by atoms with van der Waals surface area (Å²) in [5, 5.41) is 0.431. The van der Waals surface area contributed by atoms with E-state index < -0.39 is 0 Å². The molecule has 4 aromatic rings. The first-order valence-corrected chi connectivity index (χ1v) is 13.2. The molecule has 1 aromatic carbocycles. The van der Waals surface area contributed by atoms with Crippen molar-refractivity contribution in [2.24, 2.45) is 11.1 Å². The van der Waals surface area contributed by atoms with Gasteiger partial charge < -0.3 is 16.4 Å². The summed E-state index contributed by atoms with van der Waals surface area (Å²) in [6, 6.07) is 5.39. The van der Waals surface area contributed by atoms with Crippen LogP contribution in [0.3, 0.4) is 0 Å². The van der Waals surface area contributed by atoms with Crippen LogP contribution in [0.15, 0.2) is 46.6 Å². The summed E-state index contributed by atoms with van der Waals surface area (Å²) in [6.07, 6.45) is 8.04. The molecule has 3 aromatic heterocycles. The number of hydrogen-bond donors (Lipinski definition) is 2. The molecule has 0 unspecified atom stereocenters. The Labute approximate surface area is 218 Å². The van der Waals surface area contributed by atoms with E-state index in [1.807, 2.05) is 29.7 Å². The second-order valence-electron chi connectivity index (χ2n) is 9.86. The monoisotopic (exact) mass is 523 g/mol. The first kappa shape index (κ1) is 23.5. The Balaban J connectivity index is 1.28. The van der Waals surface area contributed by atoms with Gasteiger partial charge in [-0.15, -0.1) is 0 Å². The predicted octanol–water partition coefficient (Wildman–Crippen LogP) is 5.11. The molecule has 4 heterocycles. The third kappa shape index (κ3) is 3.64. The number of rotatable bonds is 3. The van der Waals surface area contributed by atoms with Crippen molar-refractivity contribution in [3.63, 3.8) is 0 Å². The zero-order chi connectivity index (χ0) is 25.2. The van der Waals surface area contributed by atoms with E-state index in [1.165, 1.54) is 11.8 Å². The maximum absolute atomic E-state index is 14.2. The highest BCUT2D eigenvalue weighted by atomic mass is 35.5. The number of fused-ring (bicyclic) bond motifs is 2. The number of nitrogens with zero attached hydrogens (tertiary/aromatic N) is 5. The molecule has 2 aliphatic rings. The minimum Gasteiger partial charge on any atom is -0.382 e. The number of piperidine rings is 1. The van der Waals surface area contributed by atoms with E-state index >= 15 is 0 Å². The molecule has 6 rings (SSSR count). The molecule has 7 nitrogen and oxygen atoms in total. The topological polar surface area (TPSA) is 98.4 Å². The fourth-order valence-corrected chi connectivity index (χ4v) is 6.87. The van der Waals surface area contributed by atoms with E-state index in [-0.39, 0.29) is 17.3 Å². The molecule has 0 bridgehead atoms. The Kier molecular flexibility index (Phi) is 5.62. The molecular weight excluding hydrogens is 497 g/mol. The molecule has 1 saturated heterocycles. The molecule has 0 saturated carbocycles. The number of nitrogen functional groups attached to an aromatic ring is 1. The number of aryl methyl sites for hydroxylation is 2. The largest absolute Gasteiger partial charge is 0.382 e. The quantitative estimate of drug-likeness (QED) is 0.385. The van der Waals surface area contributed by atoms with Crippen molar-refractivity contribution in [2.45, 2.75) is 48.9 Å². The van der Waals surface area contributed by atoms with Crippen molar-refractivity contribution in [2.75, 3.05) is 23.7 Å². The summed E-state index contributed by atoms with van der Waals surface area (Å²) in [6.45, 7) is 5.44. The van der Waals surface area contributed by atoms with Crippen molar-refractivity contribution in [1.29, 1.82) is 0 Å². The summed E-state index contributed by atoms with van der Waals surface area (Å²) in [7, 11) is 0. The fraction of sp³-hybridized carbons (Fsp3) is 0.346. The first-order chi connectivity index (χ1) is 17.3. The summed E-state index contributed by atoms with van der Waals surface area (Å²) in [4.78, 5) is 17.7. The van der Waals surface area contributed by atoms with Crippen LogP contribution in [0.25, 0.3) is 5.65 Å². The molecule has 36 heavy (non-hydrogen) atoms. The van der Waals surface area contributed by atoms with Crippen molar-refractivity contribution in [3.05, 3.63) is 70.0 Å². The molecule has 4 N–H and O–H groups in total. The average molecular weight is 524 g/mol. The minimum atomic E-state index is -0.147. The predicted molar refractivity (Wildman–Crippen MR) is 141 cm³/mol. The zero-order valence-corrected chi connectivity index (χ0v) is 21.7. The van der Waals surface area contributed by atoms with Crippen LogP contribution in [0.5, 0.6) is 0 Å². The van der Waals surface area contributed by atoms with Gasteiger partial charge in [-0.3, -0.25) is 4.40 Å². The van der Waals surface area contributed by atoms with Crippen LogP contribution in [0, 0.1) is 25.1 Å². The highest BCUT2D eigenvalue weighted by Gasteiger charge is 2.46. The van der Waals surface area contributed by atoms with E-state index in [9.17, 15) is 4.39 Å². The number of pyridine rings is 1. The number of halogens is 2. The van der Waals surface area contributed by atoms with Crippen LogP contribution >= 0.6 is 23.4 Å². The molecule has 1 atom stereocenters. The number of aromatic nitrogens is 4. The summed E-state index contributed by atoms with van der Waals surface area (Å²) < 4.78 is 16.3. The average Bonchev–Trinajstić information content (AvgIpc) is 3.44. The number of hydrogen-bond acceptors (Lipinski definition) is 7. The maximum atomic E-state index is 14.2. The van der Waals surface area contributed by atoms with Gasteiger partial charge in [0.15, 0.2) is 5.65 Å². The van der Waals surface area contributed by atoms with Gasteiger partial charge in [-0.1, -0.05) is 29.4 Å². The van der Waals surface area contributed by atoms with E-state index in [4.69, 9.17) is 28.1 Å². The third-order valence-electron chi connectivity index (χ3n) is 7.75. The summed E-state index contributed by atoms with van der Waals surface area (Å²) >= 11 is 7.89. The van der Waals surface area contributed by atoms with E-state index in [1.54, 1.807) is 25.4 Å². The smallest absolute Gasteiger partial charge is 0.211 e. The molecule has 1 aliphatic carbocycles. The Morgan fingerprint density at radius 3 is 2.72 bits per heavy atom. The van der Waals surface area contributed by atoms with Crippen LogP contribution in [0.4, 0.5) is 16.2 Å². The Morgan fingerprint density at radius 2 is 1.94 bits per heavy atom. The van der Waals surface area contributed by atoms with Crippen LogP contribution in [-0.4, -0.2) is 32.4 Å². The Hall–Kier alpha value is -2.88. The summed E-state index contributed by atoms with van der Waals surface area (Å²) in [5.74, 6) is 1.02. The normalized spacial score (nSPS) is 18.8. The van der Waals surface area contributed by atoms with Gasteiger partial charge in [0.2, 0.25) is 5.95 Å².